The molecule has 2 N–H and O–H groups in total. The summed E-state index contributed by atoms with van der Waals surface area (Å²) >= 11 is 0. The van der Waals surface area contributed by atoms with Crippen LogP contribution in [0.1, 0.15) is 29.8 Å². The number of amides is 3. The lowest BCUT2D eigenvalue weighted by Gasteiger charge is -2.18. The van der Waals surface area contributed by atoms with E-state index >= 15 is 0 Å². The van der Waals surface area contributed by atoms with Crippen LogP contribution in [0.2, 0.25) is 0 Å². The Morgan fingerprint density at radius 2 is 1.79 bits per heavy atom. The van der Waals surface area contributed by atoms with Crippen molar-refractivity contribution in [3.63, 3.8) is 0 Å². The normalized spacial score (nSPS) is 10.7. The van der Waals surface area contributed by atoms with Crippen LogP contribution in [0, 0.1) is 0 Å². The largest absolute Gasteiger partial charge is 0.435 e. The number of anilines is 1. The average Bonchev–Trinajstić information content (AvgIpc) is 2.61. The Morgan fingerprint density at radius 1 is 1.11 bits per heavy atom. The van der Waals surface area contributed by atoms with Crippen LogP contribution in [0.5, 0.6) is 5.75 Å². The van der Waals surface area contributed by atoms with E-state index in [0.29, 0.717) is 17.8 Å². The molecule has 0 atom stereocenters. The van der Waals surface area contributed by atoms with E-state index in [4.69, 9.17) is 0 Å². The minimum absolute atomic E-state index is 0.00608. The van der Waals surface area contributed by atoms with Gasteiger partial charge in [-0.25, -0.2) is 4.79 Å². The van der Waals surface area contributed by atoms with Gasteiger partial charge in [-0.3, -0.25) is 4.79 Å². The first-order valence-electron chi connectivity index (χ1n) is 8.71. The first kappa shape index (κ1) is 21.1. The van der Waals surface area contributed by atoms with Crippen LogP contribution in [0.15, 0.2) is 48.5 Å². The highest BCUT2D eigenvalue weighted by Gasteiger charge is 2.14. The van der Waals surface area contributed by atoms with Gasteiger partial charge in [-0.2, -0.15) is 8.78 Å². The van der Waals surface area contributed by atoms with Crippen molar-refractivity contribution in [2.24, 2.45) is 0 Å². The molecule has 2 aromatic rings. The van der Waals surface area contributed by atoms with Gasteiger partial charge in [-0.1, -0.05) is 18.2 Å². The SMILES string of the molecule is CC(C)NC(=O)Nc1cccc(C(=O)N(C)Cc2ccc(OC(F)F)cc2)c1. The van der Waals surface area contributed by atoms with Crippen molar-refractivity contribution in [3.8, 4) is 5.75 Å². The van der Waals surface area contributed by atoms with Gasteiger partial charge in [-0.15, -0.1) is 0 Å². The molecule has 8 heteroatoms. The molecule has 28 heavy (non-hydrogen) atoms. The van der Waals surface area contributed by atoms with Crippen molar-refractivity contribution in [2.75, 3.05) is 12.4 Å². The van der Waals surface area contributed by atoms with Crippen molar-refractivity contribution < 1.29 is 23.1 Å². The van der Waals surface area contributed by atoms with Crippen molar-refractivity contribution in [1.29, 1.82) is 0 Å². The van der Waals surface area contributed by atoms with Crippen molar-refractivity contribution >= 4 is 17.6 Å². The molecule has 0 aliphatic heterocycles. The Kier molecular flexibility index (Phi) is 7.31. The average molecular weight is 391 g/mol. The Balaban J connectivity index is 2.00. The minimum atomic E-state index is -2.88. The monoisotopic (exact) mass is 391 g/mol. The first-order valence-corrected chi connectivity index (χ1v) is 8.71. The van der Waals surface area contributed by atoms with Gasteiger partial charge in [0.2, 0.25) is 0 Å². The third-order valence-corrected chi connectivity index (χ3v) is 3.70. The van der Waals surface area contributed by atoms with Gasteiger partial charge in [0, 0.05) is 30.9 Å². The van der Waals surface area contributed by atoms with E-state index in [1.54, 1.807) is 43.4 Å². The number of nitrogens with zero attached hydrogens (tertiary/aromatic N) is 1. The van der Waals surface area contributed by atoms with E-state index in [1.807, 2.05) is 13.8 Å². The number of alkyl halides is 2. The standard InChI is InChI=1S/C20H23F2N3O3/c1-13(2)23-20(27)24-16-6-4-5-15(11-16)18(26)25(3)12-14-7-9-17(10-8-14)28-19(21)22/h4-11,13,19H,12H2,1-3H3,(H2,23,24,27). The maximum Gasteiger partial charge on any atom is 0.387 e. The second kappa shape index (κ2) is 9.68. The zero-order valence-electron chi connectivity index (χ0n) is 15.9. The molecule has 0 spiro atoms. The van der Waals surface area contributed by atoms with Gasteiger partial charge in [0.05, 0.1) is 0 Å². The number of benzene rings is 2. The maximum absolute atomic E-state index is 12.7. The Labute approximate surface area is 162 Å². The van der Waals surface area contributed by atoms with E-state index in [-0.39, 0.29) is 23.7 Å². The zero-order chi connectivity index (χ0) is 20.7. The van der Waals surface area contributed by atoms with Crippen molar-refractivity contribution in [3.05, 3.63) is 59.7 Å². The lowest BCUT2D eigenvalue weighted by Crippen LogP contribution is -2.34. The lowest BCUT2D eigenvalue weighted by molar-refractivity contribution is -0.0498. The van der Waals surface area contributed by atoms with Crippen LogP contribution in [0.4, 0.5) is 19.3 Å². The molecule has 0 radical (unpaired) electrons. The second-order valence-corrected chi connectivity index (χ2v) is 6.52. The summed E-state index contributed by atoms with van der Waals surface area (Å²) in [5, 5.41) is 5.39. The molecule has 6 nitrogen and oxygen atoms in total. The van der Waals surface area contributed by atoms with E-state index in [0.717, 1.165) is 5.56 Å². The molecule has 0 fully saturated rings. The summed E-state index contributed by atoms with van der Waals surface area (Å²) < 4.78 is 28.7. The highest BCUT2D eigenvalue weighted by atomic mass is 19.3. The van der Waals surface area contributed by atoms with E-state index in [1.165, 1.54) is 17.0 Å². The fourth-order valence-corrected chi connectivity index (χ4v) is 2.50. The Morgan fingerprint density at radius 3 is 2.39 bits per heavy atom. The topological polar surface area (TPSA) is 70.7 Å². The number of carbonyl (C=O) groups excluding carboxylic acids is 2. The van der Waals surface area contributed by atoms with Gasteiger partial charge < -0.3 is 20.3 Å². The molecule has 0 aliphatic carbocycles. The summed E-state index contributed by atoms with van der Waals surface area (Å²) in [6, 6.07) is 12.4. The predicted octanol–water partition coefficient (Wildman–Crippen LogP) is 4.09. The molecule has 0 aliphatic rings. The summed E-state index contributed by atoms with van der Waals surface area (Å²) in [6.07, 6.45) is 0. The minimum Gasteiger partial charge on any atom is -0.435 e. The second-order valence-electron chi connectivity index (χ2n) is 6.52. The summed E-state index contributed by atoms with van der Waals surface area (Å²) in [5.41, 5.74) is 1.69. The number of nitrogens with one attached hydrogen (secondary N) is 2. The van der Waals surface area contributed by atoms with E-state index in [9.17, 15) is 18.4 Å². The first-order chi connectivity index (χ1) is 13.2. The number of hydrogen-bond donors (Lipinski definition) is 2. The lowest BCUT2D eigenvalue weighted by atomic mass is 10.1. The Bertz CT molecular complexity index is 811. The predicted molar refractivity (Wildman–Crippen MR) is 103 cm³/mol. The molecule has 150 valence electrons. The molecule has 0 bridgehead atoms. The van der Waals surface area contributed by atoms with Crippen LogP contribution in [0.25, 0.3) is 0 Å². The van der Waals surface area contributed by atoms with Crippen LogP contribution < -0.4 is 15.4 Å². The molecule has 0 heterocycles. The quantitative estimate of drug-likeness (QED) is 0.747. The highest BCUT2D eigenvalue weighted by Crippen LogP contribution is 2.17. The van der Waals surface area contributed by atoms with Gasteiger partial charge in [-0.05, 0) is 49.7 Å². The smallest absolute Gasteiger partial charge is 0.387 e. The molecular weight excluding hydrogens is 368 g/mol. The van der Waals surface area contributed by atoms with Crippen LogP contribution in [0.3, 0.4) is 0 Å². The number of carbonyl (C=O) groups is 2. The van der Waals surface area contributed by atoms with Gasteiger partial charge in [0.25, 0.3) is 5.91 Å². The summed E-state index contributed by atoms with van der Waals surface area (Å²) in [6.45, 7) is 1.11. The van der Waals surface area contributed by atoms with Crippen LogP contribution >= 0.6 is 0 Å². The van der Waals surface area contributed by atoms with E-state index < -0.39 is 6.61 Å². The molecule has 0 unspecified atom stereocenters. The van der Waals surface area contributed by atoms with Crippen molar-refractivity contribution in [1.82, 2.24) is 10.2 Å². The number of hydrogen-bond acceptors (Lipinski definition) is 3. The fourth-order valence-electron chi connectivity index (χ4n) is 2.50. The molecule has 2 aromatic carbocycles. The van der Waals surface area contributed by atoms with Crippen LogP contribution in [-0.4, -0.2) is 36.5 Å². The molecule has 2 rings (SSSR count). The van der Waals surface area contributed by atoms with E-state index in [2.05, 4.69) is 15.4 Å². The molecule has 0 saturated carbocycles. The zero-order valence-corrected chi connectivity index (χ0v) is 15.9. The third kappa shape index (κ3) is 6.53. The van der Waals surface area contributed by atoms with Crippen LogP contribution in [-0.2, 0) is 6.54 Å². The number of urea groups is 1. The van der Waals surface area contributed by atoms with Gasteiger partial charge in [0.1, 0.15) is 5.75 Å². The number of halogens is 2. The van der Waals surface area contributed by atoms with Gasteiger partial charge >= 0.3 is 12.6 Å². The fraction of sp³-hybridized carbons (Fsp3) is 0.300. The molecule has 3 amide bonds. The Hall–Kier alpha value is -3.16. The highest BCUT2D eigenvalue weighted by molar-refractivity contribution is 5.96. The maximum atomic E-state index is 12.7. The molecule has 0 saturated heterocycles. The number of rotatable bonds is 7. The summed E-state index contributed by atoms with van der Waals surface area (Å²) in [5.74, 6) is -0.174. The molecule has 0 aromatic heterocycles. The summed E-state index contributed by atoms with van der Waals surface area (Å²) in [7, 11) is 1.64. The summed E-state index contributed by atoms with van der Waals surface area (Å²) in [4.78, 5) is 25.9. The third-order valence-electron chi connectivity index (χ3n) is 3.70. The van der Waals surface area contributed by atoms with Gasteiger partial charge in [0.15, 0.2) is 0 Å². The number of ether oxygens (including phenoxy) is 1. The molecular formula is C20H23F2N3O3. The van der Waals surface area contributed by atoms with Crippen molar-refractivity contribution in [2.45, 2.75) is 33.0 Å².